The molecule has 0 amide bonds. The number of nitrogens with zero attached hydrogens (tertiary/aromatic N) is 6. The van der Waals surface area contributed by atoms with Crippen LogP contribution in [0.5, 0.6) is 0 Å². The summed E-state index contributed by atoms with van der Waals surface area (Å²) in [5.41, 5.74) is 0.602. The van der Waals surface area contributed by atoms with Gasteiger partial charge in [0.2, 0.25) is 0 Å². The van der Waals surface area contributed by atoms with Crippen LogP contribution in [-0.2, 0) is 0 Å². The van der Waals surface area contributed by atoms with Crippen LogP contribution in [0, 0.1) is 58.5 Å². The van der Waals surface area contributed by atoms with Crippen molar-refractivity contribution >= 4 is 47.0 Å². The highest BCUT2D eigenvalue weighted by Gasteiger charge is 2.37. The third-order valence-corrected chi connectivity index (χ3v) is 8.37. The lowest BCUT2D eigenvalue weighted by molar-refractivity contribution is 1.05. The normalized spacial score (nSPS) is 13.2. The van der Waals surface area contributed by atoms with Gasteiger partial charge in [-0.15, -0.1) is 0 Å². The summed E-state index contributed by atoms with van der Waals surface area (Å²) in [6.07, 6.45) is 0. The Kier molecular flexibility index (Phi) is 4.88. The van der Waals surface area contributed by atoms with Crippen molar-refractivity contribution in [2.75, 3.05) is 0 Å². The summed E-state index contributed by atoms with van der Waals surface area (Å²) in [5, 5.41) is 37.4. The molecule has 2 aliphatic heterocycles. The number of hydrogen-bond acceptors (Lipinski definition) is 8. The first-order chi connectivity index (χ1) is 12.6. The Balaban J connectivity index is 2.28. The maximum atomic E-state index is 9.65. The van der Waals surface area contributed by atoms with Gasteiger partial charge < -0.3 is 0 Å². The van der Waals surface area contributed by atoms with E-state index in [9.17, 15) is 10.5 Å². The Hall–Kier alpha value is -2.96. The van der Waals surface area contributed by atoms with E-state index in [1.165, 1.54) is 0 Å². The summed E-state index contributed by atoms with van der Waals surface area (Å²) in [7, 11) is 0. The molecule has 0 aromatic heterocycles. The minimum absolute atomic E-state index is 0.0617. The second-order valence-electron chi connectivity index (χ2n) is 4.42. The molecule has 0 unspecified atom stereocenters. The quantitative estimate of drug-likeness (QED) is 0.437. The third kappa shape index (κ3) is 2.60. The molecule has 0 atom stereocenters. The number of benzene rings is 1. The van der Waals surface area contributed by atoms with Gasteiger partial charge in [-0.3, -0.25) is 0 Å². The van der Waals surface area contributed by atoms with Crippen molar-refractivity contribution in [3.63, 3.8) is 0 Å². The zero-order valence-corrected chi connectivity index (χ0v) is 15.6. The Morgan fingerprint density at radius 3 is 1.38 bits per heavy atom. The van der Waals surface area contributed by atoms with Crippen LogP contribution >= 0.6 is 47.0 Å². The SMILES string of the molecule is [C-]#[N+]C([N+]#[C-])=C1Sc2c(C#N)c3c(c(C#N)c2S1)SC(=C(C#N)C#N)S3. The summed E-state index contributed by atoms with van der Waals surface area (Å²) in [6.45, 7) is 14.2. The van der Waals surface area contributed by atoms with E-state index < -0.39 is 0 Å². The average Bonchev–Trinajstić information content (AvgIpc) is 3.26. The van der Waals surface area contributed by atoms with E-state index in [0.717, 1.165) is 47.0 Å². The maximum absolute atomic E-state index is 9.65. The maximum Gasteiger partial charge on any atom is 0.540 e. The van der Waals surface area contributed by atoms with Crippen LogP contribution in [0.1, 0.15) is 11.1 Å². The van der Waals surface area contributed by atoms with E-state index in [4.69, 9.17) is 23.7 Å². The summed E-state index contributed by atoms with van der Waals surface area (Å²) < 4.78 is 0.887. The van der Waals surface area contributed by atoms with Gasteiger partial charge in [-0.25, -0.2) is 0 Å². The standard InChI is InChI=1S/C16N6S4/c1-21-14(22-2)16-25-12-8(5-19)10-11(9(6-20)13(12)26-16)24-15(23-10)7(3-17)4-18. The molecule has 26 heavy (non-hydrogen) atoms. The van der Waals surface area contributed by atoms with Gasteiger partial charge in [-0.05, 0) is 0 Å². The van der Waals surface area contributed by atoms with Gasteiger partial charge in [-0.2, -0.15) is 30.7 Å². The molecular formula is C16N6S4. The third-order valence-electron chi connectivity index (χ3n) is 3.15. The number of nitriles is 4. The molecule has 6 nitrogen and oxygen atoms in total. The molecule has 2 aliphatic rings. The molecule has 0 saturated carbocycles. The second-order valence-corrected chi connectivity index (χ2v) is 9.02. The van der Waals surface area contributed by atoms with Gasteiger partial charge in [0, 0.05) is 19.6 Å². The van der Waals surface area contributed by atoms with E-state index in [1.807, 2.05) is 12.1 Å². The summed E-state index contributed by atoms with van der Waals surface area (Å²) >= 11 is 4.52. The van der Waals surface area contributed by atoms with E-state index in [1.54, 1.807) is 0 Å². The van der Waals surface area contributed by atoms with Crippen LogP contribution in [0.4, 0.5) is 0 Å². The first-order valence-corrected chi connectivity index (χ1v) is 9.69. The second kappa shape index (κ2) is 7.11. The summed E-state index contributed by atoms with van der Waals surface area (Å²) in [6, 6.07) is 7.90. The fourth-order valence-corrected chi connectivity index (χ4v) is 7.33. The molecule has 0 saturated heterocycles. The zero-order chi connectivity index (χ0) is 18.8. The largest absolute Gasteiger partial charge is 0.540 e. The highest BCUT2D eigenvalue weighted by Crippen LogP contribution is 2.63. The van der Waals surface area contributed by atoms with Gasteiger partial charge >= 0.3 is 5.82 Å². The molecule has 0 aliphatic carbocycles. The molecule has 0 radical (unpaired) electrons. The van der Waals surface area contributed by atoms with Crippen LogP contribution in [0.15, 0.2) is 39.5 Å². The highest BCUT2D eigenvalue weighted by atomic mass is 32.2. The van der Waals surface area contributed by atoms with Gasteiger partial charge in [0.15, 0.2) is 0 Å². The van der Waals surface area contributed by atoms with Crippen LogP contribution in [0.2, 0.25) is 0 Å². The van der Waals surface area contributed by atoms with Gasteiger partial charge in [0.05, 0.1) is 15.4 Å². The lowest BCUT2D eigenvalue weighted by Crippen LogP contribution is -1.92. The van der Waals surface area contributed by atoms with Crippen LogP contribution in [0.25, 0.3) is 9.69 Å². The lowest BCUT2D eigenvalue weighted by atomic mass is 10.1. The van der Waals surface area contributed by atoms with E-state index >= 15 is 0 Å². The first-order valence-electron chi connectivity index (χ1n) is 6.42. The van der Waals surface area contributed by atoms with Crippen LogP contribution < -0.4 is 0 Å². The Labute approximate surface area is 165 Å². The minimum Gasteiger partial charge on any atom is -0.192 e. The van der Waals surface area contributed by atoms with Crippen molar-refractivity contribution in [1.82, 2.24) is 0 Å². The van der Waals surface area contributed by atoms with Crippen molar-refractivity contribution in [3.8, 4) is 24.3 Å². The van der Waals surface area contributed by atoms with Crippen LogP contribution in [-0.4, -0.2) is 0 Å². The Bertz CT molecular complexity index is 1030. The van der Waals surface area contributed by atoms with Gasteiger partial charge in [-0.1, -0.05) is 47.0 Å². The Morgan fingerprint density at radius 2 is 1.08 bits per heavy atom. The molecule has 0 N–H and O–H groups in total. The first kappa shape index (κ1) is 17.8. The summed E-state index contributed by atoms with van der Waals surface area (Å²) in [4.78, 5) is 8.54. The molecule has 0 fully saturated rings. The summed E-state index contributed by atoms with van der Waals surface area (Å²) in [5.74, 6) is -0.0960. The molecule has 0 bridgehead atoms. The van der Waals surface area contributed by atoms with Crippen molar-refractivity contribution in [2.24, 2.45) is 0 Å². The molecule has 10 heteroatoms. The van der Waals surface area contributed by atoms with Crippen molar-refractivity contribution in [1.29, 1.82) is 21.0 Å². The molecule has 1 aromatic carbocycles. The number of hydrogen-bond donors (Lipinski definition) is 0. The van der Waals surface area contributed by atoms with E-state index in [-0.39, 0.29) is 11.4 Å². The Morgan fingerprint density at radius 1 is 0.692 bits per heavy atom. The number of rotatable bonds is 0. The number of thioether (sulfide) groups is 4. The monoisotopic (exact) mass is 404 g/mol. The lowest BCUT2D eigenvalue weighted by Gasteiger charge is -2.07. The number of allylic oxidation sites excluding steroid dienone is 1. The smallest absolute Gasteiger partial charge is 0.192 e. The van der Waals surface area contributed by atoms with Gasteiger partial charge in [0.25, 0.3) is 0 Å². The minimum atomic E-state index is -0.0960. The average molecular weight is 404 g/mol. The molecule has 118 valence electrons. The number of fused-ring (bicyclic) bond motifs is 2. The van der Waals surface area contributed by atoms with E-state index in [0.29, 0.717) is 39.2 Å². The molecule has 0 spiro atoms. The van der Waals surface area contributed by atoms with E-state index in [2.05, 4.69) is 21.8 Å². The zero-order valence-electron chi connectivity index (χ0n) is 12.3. The van der Waals surface area contributed by atoms with Crippen molar-refractivity contribution in [2.45, 2.75) is 19.6 Å². The van der Waals surface area contributed by atoms with Gasteiger partial charge in [0.1, 0.15) is 47.2 Å². The topological polar surface area (TPSA) is 104 Å². The predicted octanol–water partition coefficient (Wildman–Crippen LogP) is 5.05. The fourth-order valence-electron chi connectivity index (χ4n) is 2.09. The van der Waals surface area contributed by atoms with Crippen LogP contribution in [0.3, 0.4) is 0 Å². The molecule has 3 rings (SSSR count). The predicted molar refractivity (Wildman–Crippen MR) is 97.8 cm³/mol. The molecular weight excluding hydrogens is 404 g/mol. The van der Waals surface area contributed by atoms with Crippen molar-refractivity contribution < 1.29 is 0 Å². The van der Waals surface area contributed by atoms with Crippen molar-refractivity contribution in [3.05, 3.63) is 53.8 Å². The fraction of sp³-hybridized carbons (Fsp3) is 0. The molecule has 2 heterocycles. The highest BCUT2D eigenvalue weighted by molar-refractivity contribution is 8.25. The molecule has 1 aromatic rings.